The van der Waals surface area contributed by atoms with E-state index in [0.717, 1.165) is 0 Å². The third-order valence-corrected chi connectivity index (χ3v) is 2.40. The van der Waals surface area contributed by atoms with Crippen molar-refractivity contribution in [1.29, 1.82) is 5.26 Å². The second-order valence-electron chi connectivity index (χ2n) is 3.90. The molecule has 7 heteroatoms. The van der Waals surface area contributed by atoms with Gasteiger partial charge in [0.25, 0.3) is 5.91 Å². The highest BCUT2D eigenvalue weighted by Gasteiger charge is 2.19. The molecule has 0 bridgehead atoms. The van der Waals surface area contributed by atoms with E-state index in [9.17, 15) is 9.59 Å². The fourth-order valence-electron chi connectivity index (χ4n) is 1.40. The second kappa shape index (κ2) is 7.76. The number of nitrogens with one attached hydrogen (secondary N) is 1. The summed E-state index contributed by atoms with van der Waals surface area (Å²) in [5.41, 5.74) is 0.468. The summed E-state index contributed by atoms with van der Waals surface area (Å²) in [6, 6.07) is 6.96. The van der Waals surface area contributed by atoms with Crippen LogP contribution in [0.3, 0.4) is 0 Å². The Bertz CT molecular complexity index is 506. The lowest BCUT2D eigenvalue weighted by atomic mass is 10.2. The number of hydrogen-bond donors (Lipinski definition) is 3. The third kappa shape index (κ3) is 4.96. The van der Waals surface area contributed by atoms with Gasteiger partial charge in [0.1, 0.15) is 11.8 Å². The summed E-state index contributed by atoms with van der Waals surface area (Å²) in [6.07, 6.45) is -0.0715. The average Bonchev–Trinajstić information content (AvgIpc) is 2.45. The van der Waals surface area contributed by atoms with Gasteiger partial charge >= 0.3 is 5.97 Å². The lowest BCUT2D eigenvalue weighted by Gasteiger charge is -2.13. The molecule has 1 aromatic rings. The molecule has 0 radical (unpaired) electrons. The van der Waals surface area contributed by atoms with Crippen LogP contribution in [-0.4, -0.2) is 41.3 Å². The molecular formula is C13H14N2O5. The normalized spacial score (nSPS) is 11.2. The summed E-state index contributed by atoms with van der Waals surface area (Å²) in [5.74, 6) is -1.42. The first-order valence-corrected chi connectivity index (χ1v) is 5.83. The van der Waals surface area contributed by atoms with E-state index >= 15 is 0 Å². The molecule has 0 spiro atoms. The van der Waals surface area contributed by atoms with Gasteiger partial charge in [-0.15, -0.1) is 0 Å². The van der Waals surface area contributed by atoms with Crippen LogP contribution in [0.4, 0.5) is 0 Å². The number of carboxylic acids is 1. The van der Waals surface area contributed by atoms with Gasteiger partial charge in [0.15, 0.2) is 6.61 Å². The van der Waals surface area contributed by atoms with E-state index in [4.69, 9.17) is 20.2 Å². The Balaban J connectivity index is 2.46. The Labute approximate surface area is 115 Å². The van der Waals surface area contributed by atoms with E-state index in [2.05, 4.69) is 5.32 Å². The Morgan fingerprint density at radius 1 is 1.35 bits per heavy atom. The van der Waals surface area contributed by atoms with Crippen molar-refractivity contribution in [2.24, 2.45) is 0 Å². The molecule has 0 aliphatic rings. The van der Waals surface area contributed by atoms with E-state index in [1.165, 1.54) is 12.1 Å². The lowest BCUT2D eigenvalue weighted by molar-refractivity contribution is -0.142. The molecule has 1 amide bonds. The summed E-state index contributed by atoms with van der Waals surface area (Å²) in [5, 5.41) is 28.3. The molecule has 0 unspecified atom stereocenters. The molecule has 1 aromatic carbocycles. The number of amides is 1. The van der Waals surface area contributed by atoms with E-state index in [0.29, 0.717) is 11.3 Å². The molecule has 0 saturated carbocycles. The topological polar surface area (TPSA) is 120 Å². The molecule has 106 valence electrons. The quantitative estimate of drug-likeness (QED) is 0.640. The smallest absolute Gasteiger partial charge is 0.326 e. The van der Waals surface area contributed by atoms with Gasteiger partial charge in [-0.1, -0.05) is 0 Å². The minimum absolute atomic E-state index is 0.0715. The number of nitrogens with zero attached hydrogens (tertiary/aromatic N) is 1. The van der Waals surface area contributed by atoms with Gasteiger partial charge in [0, 0.05) is 13.0 Å². The summed E-state index contributed by atoms with van der Waals surface area (Å²) >= 11 is 0. The van der Waals surface area contributed by atoms with Crippen LogP contribution in [0, 0.1) is 11.3 Å². The lowest BCUT2D eigenvalue weighted by Crippen LogP contribution is -2.43. The number of ether oxygens (including phenoxy) is 1. The number of aliphatic hydroxyl groups is 1. The first kappa shape index (κ1) is 15.5. The number of nitriles is 1. The van der Waals surface area contributed by atoms with Gasteiger partial charge in [-0.05, 0) is 24.3 Å². The maximum Gasteiger partial charge on any atom is 0.326 e. The van der Waals surface area contributed by atoms with E-state index in [1.54, 1.807) is 12.1 Å². The van der Waals surface area contributed by atoms with Crippen LogP contribution in [0.15, 0.2) is 24.3 Å². The van der Waals surface area contributed by atoms with Crippen LogP contribution >= 0.6 is 0 Å². The van der Waals surface area contributed by atoms with Gasteiger partial charge in [0.2, 0.25) is 0 Å². The summed E-state index contributed by atoms with van der Waals surface area (Å²) < 4.78 is 5.15. The molecule has 0 fully saturated rings. The predicted octanol–water partition coefficient (Wildman–Crippen LogP) is -0.111. The van der Waals surface area contributed by atoms with Gasteiger partial charge in [0.05, 0.1) is 11.6 Å². The van der Waals surface area contributed by atoms with Crippen LogP contribution in [0.2, 0.25) is 0 Å². The zero-order valence-electron chi connectivity index (χ0n) is 10.6. The number of carboxylic acid groups (broad SMARTS) is 1. The van der Waals surface area contributed by atoms with Crippen LogP contribution < -0.4 is 10.1 Å². The van der Waals surface area contributed by atoms with Gasteiger partial charge in [-0.3, -0.25) is 4.79 Å². The van der Waals surface area contributed by atoms with Crippen molar-refractivity contribution in [1.82, 2.24) is 5.32 Å². The fraction of sp³-hybridized carbons (Fsp3) is 0.308. The molecule has 0 aliphatic heterocycles. The van der Waals surface area contributed by atoms with E-state index < -0.39 is 17.9 Å². The highest BCUT2D eigenvalue weighted by Crippen LogP contribution is 2.11. The Morgan fingerprint density at radius 3 is 2.50 bits per heavy atom. The van der Waals surface area contributed by atoms with Crippen molar-refractivity contribution in [3.8, 4) is 11.8 Å². The van der Waals surface area contributed by atoms with Gasteiger partial charge < -0.3 is 20.3 Å². The molecule has 0 heterocycles. The molecule has 1 rings (SSSR count). The number of aliphatic carboxylic acids is 1. The summed E-state index contributed by atoms with van der Waals surface area (Å²) in [6.45, 7) is -0.686. The zero-order valence-corrected chi connectivity index (χ0v) is 10.6. The number of benzene rings is 1. The number of rotatable bonds is 7. The monoisotopic (exact) mass is 278 g/mol. The highest BCUT2D eigenvalue weighted by molar-refractivity contribution is 5.84. The fourth-order valence-corrected chi connectivity index (χ4v) is 1.40. The van der Waals surface area contributed by atoms with Crippen molar-refractivity contribution in [3.63, 3.8) is 0 Å². The standard InChI is InChI=1S/C13H14N2O5/c14-7-9-1-3-10(4-2-9)20-8-12(17)15-11(5-6-16)13(18)19/h1-4,11,16H,5-6,8H2,(H,15,17)(H,18,19)/t11-/m1/s1. The third-order valence-electron chi connectivity index (χ3n) is 2.40. The van der Waals surface area contributed by atoms with Crippen LogP contribution in [-0.2, 0) is 9.59 Å². The second-order valence-corrected chi connectivity index (χ2v) is 3.90. The van der Waals surface area contributed by atoms with E-state index in [1.807, 2.05) is 6.07 Å². The van der Waals surface area contributed by atoms with Crippen LogP contribution in [0.1, 0.15) is 12.0 Å². The molecular weight excluding hydrogens is 264 g/mol. The summed E-state index contributed by atoms with van der Waals surface area (Å²) in [7, 11) is 0. The van der Waals surface area contributed by atoms with E-state index in [-0.39, 0.29) is 19.6 Å². The van der Waals surface area contributed by atoms with Crippen molar-refractivity contribution >= 4 is 11.9 Å². The zero-order chi connectivity index (χ0) is 15.0. The molecule has 3 N–H and O–H groups in total. The first-order valence-electron chi connectivity index (χ1n) is 5.83. The molecule has 0 aliphatic carbocycles. The molecule has 20 heavy (non-hydrogen) atoms. The van der Waals surface area contributed by atoms with Crippen molar-refractivity contribution < 1.29 is 24.5 Å². The Morgan fingerprint density at radius 2 is 2.00 bits per heavy atom. The van der Waals surface area contributed by atoms with Crippen LogP contribution in [0.5, 0.6) is 5.75 Å². The number of hydrogen-bond acceptors (Lipinski definition) is 5. The maximum absolute atomic E-state index is 11.5. The largest absolute Gasteiger partial charge is 0.484 e. The molecule has 7 nitrogen and oxygen atoms in total. The maximum atomic E-state index is 11.5. The van der Waals surface area contributed by atoms with Gasteiger partial charge in [-0.25, -0.2) is 4.79 Å². The van der Waals surface area contributed by atoms with Crippen LogP contribution in [0.25, 0.3) is 0 Å². The van der Waals surface area contributed by atoms with Crippen molar-refractivity contribution in [2.45, 2.75) is 12.5 Å². The number of aliphatic hydroxyl groups excluding tert-OH is 1. The first-order chi connectivity index (χ1) is 9.56. The minimum atomic E-state index is -1.22. The molecule has 0 saturated heterocycles. The number of carbonyl (C=O) groups excluding carboxylic acids is 1. The average molecular weight is 278 g/mol. The number of carbonyl (C=O) groups is 2. The summed E-state index contributed by atoms with van der Waals surface area (Å²) in [4.78, 5) is 22.3. The SMILES string of the molecule is N#Cc1ccc(OCC(=O)N[C@H](CCO)C(=O)O)cc1. The van der Waals surface area contributed by atoms with Crippen molar-refractivity contribution in [3.05, 3.63) is 29.8 Å². The van der Waals surface area contributed by atoms with Gasteiger partial charge in [-0.2, -0.15) is 5.26 Å². The highest BCUT2D eigenvalue weighted by atomic mass is 16.5. The van der Waals surface area contributed by atoms with Crippen molar-refractivity contribution in [2.75, 3.05) is 13.2 Å². The molecule has 0 aromatic heterocycles. The predicted molar refractivity (Wildman–Crippen MR) is 67.9 cm³/mol. The molecule has 1 atom stereocenters. The minimum Gasteiger partial charge on any atom is -0.484 e. The Hall–Kier alpha value is -2.59. The Kier molecular flexibility index (Phi) is 6.00.